The number of alkyl halides is 12. The smallest absolute Gasteiger partial charge is 0.483 e. The normalized spacial score (nSPS) is 11.2. The molecule has 0 aromatic carbocycles. The number of aliphatic carboxylic acids is 2. The zero-order valence-corrected chi connectivity index (χ0v) is 23.1. The molecule has 0 aliphatic carbocycles. The van der Waals surface area contributed by atoms with Crippen molar-refractivity contribution in [2.75, 3.05) is 39.3 Å². The lowest BCUT2D eigenvalue weighted by atomic mass is 10.2. The third kappa shape index (κ3) is 64.8. The molecule has 0 amide bonds. The number of rotatable bonds is 12. The highest BCUT2D eigenvalue weighted by molar-refractivity contribution is 5.73. The maximum Gasteiger partial charge on any atom is 0.490 e. The molecule has 0 heterocycles. The fraction of sp³-hybridized carbons (Fsp3) is 0.810. The summed E-state index contributed by atoms with van der Waals surface area (Å²) in [6.45, 7) is 10.2. The Balaban J connectivity index is -0.0000000849. The Morgan fingerprint density at radius 1 is 0.667 bits per heavy atom. The van der Waals surface area contributed by atoms with E-state index in [0.717, 1.165) is 45.7 Å². The maximum atomic E-state index is 10.6. The number of carboxylic acids is 2. The number of halogens is 12. The summed E-state index contributed by atoms with van der Waals surface area (Å²) in [5, 5.41) is 38.2. The van der Waals surface area contributed by atoms with Gasteiger partial charge in [-0.1, -0.05) is 14.4 Å². The zero-order chi connectivity index (χ0) is 36.6. The van der Waals surface area contributed by atoms with E-state index < -0.39 is 36.6 Å². The monoisotopic (exact) mass is 704 g/mol. The minimum atomic E-state index is -6.06. The Morgan fingerprint density at radius 2 is 0.889 bits per heavy atom. The first-order chi connectivity index (χ1) is 19.7. The van der Waals surface area contributed by atoms with Crippen LogP contribution in [-0.2, 0) is 19.2 Å². The highest BCUT2D eigenvalue weighted by Gasteiger charge is 2.58. The van der Waals surface area contributed by atoms with E-state index in [1.165, 1.54) is 12.8 Å². The highest BCUT2D eigenvalue weighted by Crippen LogP contribution is 2.35. The van der Waals surface area contributed by atoms with Crippen molar-refractivity contribution in [1.82, 2.24) is 16.0 Å². The fourth-order valence-electron chi connectivity index (χ4n) is 1.43. The van der Waals surface area contributed by atoms with Gasteiger partial charge in [-0.2, -0.15) is 52.7 Å². The predicted molar refractivity (Wildman–Crippen MR) is 135 cm³/mol. The van der Waals surface area contributed by atoms with Crippen LogP contribution in [0, 0.1) is 0 Å². The summed E-state index contributed by atoms with van der Waals surface area (Å²) in [4.78, 5) is 34.5. The van der Waals surface area contributed by atoms with Crippen LogP contribution in [-0.4, -0.2) is 115 Å². The molecule has 0 aliphatic heterocycles. The number of hydrogen-bond donors (Lipinski definition) is 8. The van der Waals surface area contributed by atoms with Gasteiger partial charge < -0.3 is 42.1 Å². The lowest BCUT2D eigenvalue weighted by molar-refractivity contribution is -0.339. The van der Waals surface area contributed by atoms with Gasteiger partial charge in [0.2, 0.25) is 0 Å². The van der Waals surface area contributed by atoms with Gasteiger partial charge in [0.05, 0.1) is 0 Å². The van der Waals surface area contributed by atoms with Gasteiger partial charge in [-0.3, -0.25) is 9.59 Å². The summed E-state index contributed by atoms with van der Waals surface area (Å²) < 4.78 is 126. The first-order valence-electron chi connectivity index (χ1n) is 11.5. The van der Waals surface area contributed by atoms with Crippen LogP contribution in [0.3, 0.4) is 0 Å². The Bertz CT molecular complexity index is 651. The van der Waals surface area contributed by atoms with Gasteiger partial charge in [-0.25, -0.2) is 9.59 Å². The molecule has 45 heavy (non-hydrogen) atoms. The molecule has 0 saturated heterocycles. The van der Waals surface area contributed by atoms with Gasteiger partial charge in [0, 0.05) is 6.04 Å². The van der Waals surface area contributed by atoms with Crippen molar-refractivity contribution in [3.63, 3.8) is 0 Å². The third-order valence-corrected chi connectivity index (χ3v) is 3.25. The van der Waals surface area contributed by atoms with Crippen molar-refractivity contribution in [2.24, 2.45) is 5.73 Å². The van der Waals surface area contributed by atoms with Crippen LogP contribution in [0.5, 0.6) is 0 Å². The van der Waals surface area contributed by atoms with E-state index in [-0.39, 0.29) is 20.4 Å². The SMILES string of the molecule is C.CCNCCCNCCCNCCC(C)N.FC(F)(F)C(F)(F)F.O=C(O)C(F)(F)F.O=C(O)C(F)(F)F.O=CO.O=CO. The number of hydrogen-bond acceptors (Lipinski definition) is 8. The molecule has 0 fully saturated rings. The molecule has 9 N–H and O–H groups in total. The van der Waals surface area contributed by atoms with E-state index in [1.54, 1.807) is 0 Å². The van der Waals surface area contributed by atoms with Crippen LogP contribution >= 0.6 is 0 Å². The van der Waals surface area contributed by atoms with Crippen molar-refractivity contribution in [3.8, 4) is 0 Å². The molecular weight excluding hydrogens is 664 g/mol. The molecule has 0 radical (unpaired) electrons. The Labute approximate surface area is 250 Å². The van der Waals surface area contributed by atoms with Crippen LogP contribution in [0.2, 0.25) is 0 Å². The number of nitrogens with one attached hydrogen (secondary N) is 3. The first kappa shape index (κ1) is 57.5. The number of carboxylic acid groups (broad SMARTS) is 4. The van der Waals surface area contributed by atoms with Gasteiger partial charge >= 0.3 is 36.6 Å². The second kappa shape index (κ2) is 33.8. The molecule has 0 spiro atoms. The van der Waals surface area contributed by atoms with E-state index in [4.69, 9.17) is 45.3 Å². The van der Waals surface area contributed by atoms with Crippen molar-refractivity contribution < 1.29 is 92.3 Å². The van der Waals surface area contributed by atoms with Crippen molar-refractivity contribution >= 4 is 24.9 Å². The zero-order valence-electron chi connectivity index (χ0n) is 23.1. The van der Waals surface area contributed by atoms with Gasteiger partial charge in [0.1, 0.15) is 0 Å². The fourth-order valence-corrected chi connectivity index (χ4v) is 1.43. The largest absolute Gasteiger partial charge is 0.490 e. The molecule has 0 bridgehead atoms. The van der Waals surface area contributed by atoms with E-state index >= 15 is 0 Å². The topological polar surface area (TPSA) is 211 Å². The van der Waals surface area contributed by atoms with Gasteiger partial charge in [0.15, 0.2) is 0 Å². The van der Waals surface area contributed by atoms with Crippen LogP contribution < -0.4 is 21.7 Å². The third-order valence-electron chi connectivity index (χ3n) is 3.25. The summed E-state index contributed by atoms with van der Waals surface area (Å²) in [7, 11) is 0. The summed E-state index contributed by atoms with van der Waals surface area (Å²) in [6, 6.07) is 0.316. The Hall–Kier alpha value is -3.12. The molecule has 24 heteroatoms. The van der Waals surface area contributed by atoms with Crippen molar-refractivity contribution in [1.29, 1.82) is 0 Å². The van der Waals surface area contributed by atoms with Crippen molar-refractivity contribution in [3.05, 3.63) is 0 Å². The standard InChI is InChI=1S/C12H30N4.C2F6.2C2HF3O2.2CH2O2.CH4/c1-3-14-7-4-8-15-9-5-10-16-11-6-12(2)13;3-1(4,5)2(6,7)8;2*3-2(4,5)1(6)7;2*2-1-3;/h12,14-16H,3-11,13H2,1-2H3;;2*(H,6,7);2*1H,(H,2,3);1H4. The van der Waals surface area contributed by atoms with Gasteiger partial charge in [0.25, 0.3) is 12.9 Å². The van der Waals surface area contributed by atoms with E-state index in [2.05, 4.69) is 22.9 Å². The molecule has 0 saturated carbocycles. The quantitative estimate of drug-likeness (QED) is 0.0831. The highest BCUT2D eigenvalue weighted by atomic mass is 19.5. The average molecular weight is 705 g/mol. The summed E-state index contributed by atoms with van der Waals surface area (Å²) in [5.74, 6) is -5.51. The Morgan fingerprint density at radius 3 is 1.07 bits per heavy atom. The number of carbonyl (C=O) groups is 4. The summed E-state index contributed by atoms with van der Waals surface area (Å²) >= 11 is 0. The maximum absolute atomic E-state index is 10.6. The van der Waals surface area contributed by atoms with Crippen molar-refractivity contribution in [2.45, 2.75) is 71.3 Å². The van der Waals surface area contributed by atoms with Crippen LogP contribution in [0.4, 0.5) is 52.7 Å². The molecule has 0 aromatic rings. The van der Waals surface area contributed by atoms with E-state index in [0.29, 0.717) is 6.04 Å². The molecule has 0 rings (SSSR count). The molecule has 1 atom stereocenters. The lowest BCUT2D eigenvalue weighted by Gasteiger charge is -2.08. The molecule has 1 unspecified atom stereocenters. The summed E-state index contributed by atoms with van der Waals surface area (Å²) in [6.07, 6.45) is -18.8. The average Bonchev–Trinajstić information content (AvgIpc) is 2.82. The molecule has 0 aromatic heterocycles. The van der Waals surface area contributed by atoms with Gasteiger partial charge in [-0.15, -0.1) is 0 Å². The lowest BCUT2D eigenvalue weighted by Crippen LogP contribution is -2.30. The predicted octanol–water partition coefficient (Wildman–Crippen LogP) is 3.71. The minimum Gasteiger partial charge on any atom is -0.483 e. The minimum absolute atomic E-state index is 0. The van der Waals surface area contributed by atoms with E-state index in [9.17, 15) is 52.7 Å². The van der Waals surface area contributed by atoms with Crippen LogP contribution in [0.1, 0.15) is 40.5 Å². The van der Waals surface area contributed by atoms with Gasteiger partial charge in [-0.05, 0) is 65.5 Å². The second-order valence-corrected chi connectivity index (χ2v) is 7.14. The molecule has 276 valence electrons. The molecule has 0 aliphatic rings. The second-order valence-electron chi connectivity index (χ2n) is 7.14. The number of nitrogens with two attached hydrogens (primary N) is 1. The molecular formula is C21H40F12N4O8. The molecule has 12 nitrogen and oxygen atoms in total. The Kier molecular flexibility index (Phi) is 43.2. The van der Waals surface area contributed by atoms with E-state index in [1.807, 2.05) is 6.92 Å². The van der Waals surface area contributed by atoms with Crippen LogP contribution in [0.15, 0.2) is 0 Å². The summed E-state index contributed by atoms with van der Waals surface area (Å²) in [5.41, 5.74) is 5.65. The first-order valence-corrected chi connectivity index (χ1v) is 11.5. The van der Waals surface area contributed by atoms with Crippen LogP contribution in [0.25, 0.3) is 0 Å².